The predicted molar refractivity (Wildman–Crippen MR) is 66.1 cm³/mol. The number of hydrogen-bond donors (Lipinski definition) is 3. The number of benzene rings is 2. The third-order valence-corrected chi connectivity index (χ3v) is 3.53. The van der Waals surface area contributed by atoms with Crippen LogP contribution in [0.5, 0.6) is 0 Å². The Kier molecular flexibility index (Phi) is 2.78. The van der Waals surface area contributed by atoms with Gasteiger partial charge in [0.05, 0.1) is 5.69 Å². The fourth-order valence-electron chi connectivity index (χ4n) is 1.78. The maximum absolute atomic E-state index is 11.3. The lowest BCUT2D eigenvalue weighted by Crippen LogP contribution is -2.04. The van der Waals surface area contributed by atoms with Gasteiger partial charge in [-0.3, -0.25) is 4.55 Å². The van der Waals surface area contributed by atoms with Crippen molar-refractivity contribution in [1.29, 1.82) is 0 Å². The summed E-state index contributed by atoms with van der Waals surface area (Å²) in [7, 11) is -4.34. The minimum atomic E-state index is -4.34. The van der Waals surface area contributed by atoms with Crippen molar-refractivity contribution in [2.75, 3.05) is 5.73 Å². The molecule has 0 unspecified atom stereocenters. The number of rotatable bonds is 2. The molecule has 0 radical (unpaired) electrons. The lowest BCUT2D eigenvalue weighted by atomic mass is 10.1. The number of anilines is 1. The normalized spacial score (nSPS) is 11.9. The van der Waals surface area contributed by atoms with Gasteiger partial charge in [0.15, 0.2) is 0 Å². The summed E-state index contributed by atoms with van der Waals surface area (Å²) >= 11 is 0. The number of nitrogens with two attached hydrogens (primary N) is 2. The van der Waals surface area contributed by atoms with Gasteiger partial charge in [-0.05, 0) is 23.1 Å². The SMILES string of the molecule is NCc1ccc2c(S(=O)(=O)O)c(N)ccc2c1. The molecule has 0 heterocycles. The van der Waals surface area contributed by atoms with Crippen LogP contribution in [0.25, 0.3) is 10.8 Å². The summed E-state index contributed by atoms with van der Waals surface area (Å²) in [4.78, 5) is -0.251. The van der Waals surface area contributed by atoms with Crippen molar-refractivity contribution in [3.63, 3.8) is 0 Å². The number of hydrogen-bond acceptors (Lipinski definition) is 4. The van der Waals surface area contributed by atoms with E-state index in [1.54, 1.807) is 24.3 Å². The van der Waals surface area contributed by atoms with Gasteiger partial charge >= 0.3 is 0 Å². The quantitative estimate of drug-likeness (QED) is 0.548. The van der Waals surface area contributed by atoms with Gasteiger partial charge in [0.1, 0.15) is 4.90 Å². The molecule has 0 aromatic heterocycles. The Balaban J connectivity index is 2.88. The van der Waals surface area contributed by atoms with Crippen LogP contribution in [0.2, 0.25) is 0 Å². The first-order valence-corrected chi connectivity index (χ1v) is 6.36. The molecule has 17 heavy (non-hydrogen) atoms. The van der Waals surface area contributed by atoms with Crippen LogP contribution in [0.1, 0.15) is 5.56 Å². The summed E-state index contributed by atoms with van der Waals surface area (Å²) in [5.74, 6) is 0. The lowest BCUT2D eigenvalue weighted by molar-refractivity contribution is 0.484. The largest absolute Gasteiger partial charge is 0.398 e. The zero-order valence-corrected chi connectivity index (χ0v) is 9.74. The van der Waals surface area contributed by atoms with E-state index in [1.165, 1.54) is 6.07 Å². The Labute approximate surface area is 98.8 Å². The third kappa shape index (κ3) is 2.10. The molecule has 2 aromatic carbocycles. The van der Waals surface area contributed by atoms with Crippen LogP contribution in [0.15, 0.2) is 35.2 Å². The molecule has 0 bridgehead atoms. The fraction of sp³-hybridized carbons (Fsp3) is 0.0909. The maximum atomic E-state index is 11.3. The molecule has 0 aliphatic rings. The van der Waals surface area contributed by atoms with E-state index in [9.17, 15) is 8.42 Å². The van der Waals surface area contributed by atoms with E-state index in [4.69, 9.17) is 16.0 Å². The van der Waals surface area contributed by atoms with E-state index in [2.05, 4.69) is 0 Å². The van der Waals surface area contributed by atoms with E-state index >= 15 is 0 Å². The van der Waals surface area contributed by atoms with Crippen molar-refractivity contribution >= 4 is 26.6 Å². The highest BCUT2D eigenvalue weighted by Gasteiger charge is 2.17. The molecular weight excluding hydrogens is 240 g/mol. The van der Waals surface area contributed by atoms with E-state index in [0.717, 1.165) is 5.56 Å². The third-order valence-electron chi connectivity index (χ3n) is 2.56. The van der Waals surface area contributed by atoms with Crippen LogP contribution in [-0.2, 0) is 16.7 Å². The summed E-state index contributed by atoms with van der Waals surface area (Å²) in [6.07, 6.45) is 0. The van der Waals surface area contributed by atoms with Crippen molar-refractivity contribution in [2.24, 2.45) is 5.73 Å². The first-order valence-electron chi connectivity index (χ1n) is 4.92. The molecule has 2 aromatic rings. The average Bonchev–Trinajstić information content (AvgIpc) is 2.26. The van der Waals surface area contributed by atoms with Crippen LogP contribution in [0.3, 0.4) is 0 Å². The molecule has 0 atom stereocenters. The van der Waals surface area contributed by atoms with Crippen LogP contribution in [0, 0.1) is 0 Å². The predicted octanol–water partition coefficient (Wildman–Crippen LogP) is 1.13. The van der Waals surface area contributed by atoms with Crippen molar-refractivity contribution in [2.45, 2.75) is 11.4 Å². The highest BCUT2D eigenvalue weighted by molar-refractivity contribution is 7.86. The molecule has 0 aliphatic carbocycles. The van der Waals surface area contributed by atoms with Crippen LogP contribution in [0.4, 0.5) is 5.69 Å². The maximum Gasteiger partial charge on any atom is 0.297 e. The molecule has 0 saturated heterocycles. The van der Waals surface area contributed by atoms with Crippen LogP contribution < -0.4 is 11.5 Å². The van der Waals surface area contributed by atoms with Gasteiger partial charge in [-0.25, -0.2) is 0 Å². The zero-order chi connectivity index (χ0) is 12.6. The molecule has 0 saturated carbocycles. The molecule has 5 N–H and O–H groups in total. The van der Waals surface area contributed by atoms with Gasteiger partial charge in [0.25, 0.3) is 10.1 Å². The standard InChI is InChI=1S/C11H12N2O3S/c12-6-7-1-3-9-8(5-7)2-4-10(13)11(9)17(14,15)16/h1-5H,6,12-13H2,(H,14,15,16). The minimum Gasteiger partial charge on any atom is -0.398 e. The molecule has 6 heteroatoms. The fourth-order valence-corrected chi connectivity index (χ4v) is 2.61. The van der Waals surface area contributed by atoms with Crippen LogP contribution in [-0.4, -0.2) is 13.0 Å². The van der Waals surface area contributed by atoms with Crippen LogP contribution >= 0.6 is 0 Å². The second-order valence-electron chi connectivity index (χ2n) is 3.72. The van der Waals surface area contributed by atoms with Crippen molar-refractivity contribution in [1.82, 2.24) is 0 Å². The summed E-state index contributed by atoms with van der Waals surface area (Å²) in [6.45, 7) is 0.363. The minimum absolute atomic E-state index is 0.0282. The first-order chi connectivity index (χ1) is 7.93. The lowest BCUT2D eigenvalue weighted by Gasteiger charge is -2.08. The van der Waals surface area contributed by atoms with Gasteiger partial charge in [0.2, 0.25) is 0 Å². The first kappa shape index (κ1) is 11.8. The Morgan fingerprint density at radius 2 is 1.88 bits per heavy atom. The van der Waals surface area contributed by atoms with Gasteiger partial charge in [-0.1, -0.05) is 18.2 Å². The Morgan fingerprint density at radius 1 is 1.18 bits per heavy atom. The number of nitrogen functional groups attached to an aromatic ring is 1. The highest BCUT2D eigenvalue weighted by atomic mass is 32.2. The van der Waals surface area contributed by atoms with Crippen molar-refractivity contribution in [3.8, 4) is 0 Å². The Morgan fingerprint density at radius 3 is 2.47 bits per heavy atom. The van der Waals surface area contributed by atoms with E-state index in [0.29, 0.717) is 17.3 Å². The molecule has 5 nitrogen and oxygen atoms in total. The monoisotopic (exact) mass is 252 g/mol. The Hall–Kier alpha value is -1.63. The smallest absolute Gasteiger partial charge is 0.297 e. The molecule has 0 amide bonds. The molecule has 0 aliphatic heterocycles. The second kappa shape index (κ2) is 3.99. The summed E-state index contributed by atoms with van der Waals surface area (Å²) in [5, 5.41) is 1.07. The van der Waals surface area contributed by atoms with Gasteiger partial charge in [-0.15, -0.1) is 0 Å². The molecule has 2 rings (SSSR count). The Bertz CT molecular complexity index is 680. The highest BCUT2D eigenvalue weighted by Crippen LogP contribution is 2.29. The van der Waals surface area contributed by atoms with Gasteiger partial charge in [-0.2, -0.15) is 8.42 Å². The second-order valence-corrected chi connectivity index (χ2v) is 5.08. The summed E-state index contributed by atoms with van der Waals surface area (Å²) in [5.41, 5.74) is 12.0. The molecule has 90 valence electrons. The van der Waals surface area contributed by atoms with E-state index in [-0.39, 0.29) is 10.6 Å². The van der Waals surface area contributed by atoms with Gasteiger partial charge < -0.3 is 11.5 Å². The molecule has 0 fully saturated rings. The average molecular weight is 252 g/mol. The van der Waals surface area contributed by atoms with Crippen molar-refractivity contribution < 1.29 is 13.0 Å². The van der Waals surface area contributed by atoms with Gasteiger partial charge in [0, 0.05) is 11.9 Å². The topological polar surface area (TPSA) is 106 Å². The summed E-state index contributed by atoms with van der Waals surface area (Å²) in [6, 6.07) is 8.21. The summed E-state index contributed by atoms with van der Waals surface area (Å²) < 4.78 is 31.7. The zero-order valence-electron chi connectivity index (χ0n) is 8.92. The van der Waals surface area contributed by atoms with Crippen molar-refractivity contribution in [3.05, 3.63) is 35.9 Å². The van der Waals surface area contributed by atoms with E-state index in [1.807, 2.05) is 0 Å². The molecular formula is C11H12N2O3S. The molecule has 0 spiro atoms. The van der Waals surface area contributed by atoms with E-state index < -0.39 is 10.1 Å². The number of fused-ring (bicyclic) bond motifs is 1.